The van der Waals surface area contributed by atoms with E-state index in [9.17, 15) is 13.6 Å². The van der Waals surface area contributed by atoms with Crippen molar-refractivity contribution < 1.29 is 18.0 Å². The molecule has 3 heterocycles. The molecule has 6 nitrogen and oxygen atoms in total. The van der Waals surface area contributed by atoms with Gasteiger partial charge >= 0.3 is 5.91 Å². The van der Waals surface area contributed by atoms with E-state index in [2.05, 4.69) is 29.0 Å². The summed E-state index contributed by atoms with van der Waals surface area (Å²) in [5.41, 5.74) is 1.72. The van der Waals surface area contributed by atoms with Crippen molar-refractivity contribution in [2.24, 2.45) is 11.3 Å². The summed E-state index contributed by atoms with van der Waals surface area (Å²) in [6.07, 6.45) is 6.71. The summed E-state index contributed by atoms with van der Waals surface area (Å²) in [4.78, 5) is 18.8. The summed E-state index contributed by atoms with van der Waals surface area (Å²) < 4.78 is 34.2. The number of likely N-dealkylation sites (tertiary alicyclic amines) is 1. The molecule has 34 heavy (non-hydrogen) atoms. The average molecular weight is 465 g/mol. The number of hydrogen-bond acceptors (Lipinski definition) is 5. The molecular weight excluding hydrogens is 438 g/mol. The number of carbonyl (C=O) groups is 1. The Hall–Kier alpha value is -3.16. The van der Waals surface area contributed by atoms with E-state index in [0.29, 0.717) is 13.1 Å². The number of amides is 1. The van der Waals surface area contributed by atoms with Gasteiger partial charge < -0.3 is 9.32 Å². The van der Waals surface area contributed by atoms with Crippen LogP contribution >= 0.6 is 0 Å². The van der Waals surface area contributed by atoms with Crippen LogP contribution in [0.1, 0.15) is 67.4 Å². The van der Waals surface area contributed by atoms with Gasteiger partial charge in [-0.3, -0.25) is 4.79 Å². The molecule has 8 heteroatoms. The minimum atomic E-state index is -0.639. The zero-order valence-electron chi connectivity index (χ0n) is 19.2. The Balaban J connectivity index is 1.40. The summed E-state index contributed by atoms with van der Waals surface area (Å²) >= 11 is 0. The van der Waals surface area contributed by atoms with Gasteiger partial charge in [0.2, 0.25) is 0 Å². The SMILES string of the molecule is CC1(C)[C@H]2CC[C@]1([C@H]1CCCN(C(=O)c3ncco3)C1)c1nnc(-c3c(F)cccc3F)cc12. The number of aromatic nitrogens is 3. The lowest BCUT2D eigenvalue weighted by molar-refractivity contribution is 0.0396. The Morgan fingerprint density at radius 2 is 1.97 bits per heavy atom. The van der Waals surface area contributed by atoms with Gasteiger partial charge in [-0.05, 0) is 66.7 Å². The molecule has 0 spiro atoms. The molecule has 1 saturated heterocycles. The van der Waals surface area contributed by atoms with Gasteiger partial charge in [0, 0.05) is 18.5 Å². The van der Waals surface area contributed by atoms with Crippen LogP contribution in [0.2, 0.25) is 0 Å². The van der Waals surface area contributed by atoms with Crippen LogP contribution in [0, 0.1) is 23.0 Å². The zero-order valence-corrected chi connectivity index (χ0v) is 19.2. The lowest BCUT2D eigenvalue weighted by atomic mass is 9.59. The smallest absolute Gasteiger partial charge is 0.309 e. The standard InChI is InChI=1S/C26H26F2N4O2/c1-25(2)17-8-9-26(25,15-5-4-11-32(14-15)24(33)23-29-10-12-34-23)22-16(17)13-20(30-31-22)21-18(27)6-3-7-19(21)28/h3,6-7,10,12-13,15,17H,4-5,8-9,11,14H2,1-2H3/t15-,17-,26-/m0/s1. The van der Waals surface area contributed by atoms with E-state index in [-0.39, 0.29) is 45.7 Å². The highest BCUT2D eigenvalue weighted by atomic mass is 19.1. The summed E-state index contributed by atoms with van der Waals surface area (Å²) in [7, 11) is 0. The zero-order chi connectivity index (χ0) is 23.7. The number of fused-ring (bicyclic) bond motifs is 5. The maximum atomic E-state index is 14.5. The number of carbonyl (C=O) groups excluding carboxylic acids is 1. The van der Waals surface area contributed by atoms with Gasteiger partial charge in [-0.25, -0.2) is 13.8 Å². The molecule has 1 amide bonds. The predicted octanol–water partition coefficient (Wildman–Crippen LogP) is 5.12. The van der Waals surface area contributed by atoms with E-state index < -0.39 is 11.6 Å². The quantitative estimate of drug-likeness (QED) is 0.538. The first kappa shape index (κ1) is 21.4. The number of oxazole rings is 1. The normalized spacial score (nSPS) is 27.1. The Labute approximate surface area is 196 Å². The minimum absolute atomic E-state index is 0.115. The molecule has 1 saturated carbocycles. The molecule has 1 aliphatic heterocycles. The maximum absolute atomic E-state index is 14.5. The Morgan fingerprint density at radius 1 is 1.18 bits per heavy atom. The van der Waals surface area contributed by atoms with Gasteiger partial charge in [-0.1, -0.05) is 19.9 Å². The monoisotopic (exact) mass is 464 g/mol. The van der Waals surface area contributed by atoms with Crippen LogP contribution in [0.25, 0.3) is 11.3 Å². The van der Waals surface area contributed by atoms with Gasteiger partial charge in [0.1, 0.15) is 17.9 Å². The number of rotatable bonds is 3. The van der Waals surface area contributed by atoms with E-state index >= 15 is 0 Å². The number of benzene rings is 1. The third kappa shape index (κ3) is 2.77. The second-order valence-electron chi connectivity index (χ2n) is 10.3. The van der Waals surface area contributed by atoms with Crippen molar-refractivity contribution in [3.63, 3.8) is 0 Å². The summed E-state index contributed by atoms with van der Waals surface area (Å²) in [5, 5.41) is 8.97. The Kier molecular flexibility index (Phi) is 4.66. The molecule has 3 aromatic rings. The van der Waals surface area contributed by atoms with Gasteiger partial charge in [0.25, 0.3) is 5.89 Å². The van der Waals surface area contributed by atoms with Crippen LogP contribution in [-0.2, 0) is 5.41 Å². The molecule has 2 bridgehead atoms. The lowest BCUT2D eigenvalue weighted by Gasteiger charge is -2.48. The molecule has 2 fully saturated rings. The first-order valence-corrected chi connectivity index (χ1v) is 11.9. The second-order valence-corrected chi connectivity index (χ2v) is 10.3. The molecule has 3 aliphatic rings. The van der Waals surface area contributed by atoms with Crippen molar-refractivity contribution in [1.82, 2.24) is 20.1 Å². The van der Waals surface area contributed by atoms with Crippen LogP contribution in [0.5, 0.6) is 0 Å². The second kappa shape index (κ2) is 7.42. The summed E-state index contributed by atoms with van der Waals surface area (Å²) in [6, 6.07) is 5.68. The lowest BCUT2D eigenvalue weighted by Crippen LogP contribution is -2.51. The highest BCUT2D eigenvalue weighted by Crippen LogP contribution is 2.70. The molecule has 2 aliphatic carbocycles. The fraction of sp³-hybridized carbons (Fsp3) is 0.462. The number of halogens is 2. The fourth-order valence-electron chi connectivity index (χ4n) is 7.17. The molecule has 0 N–H and O–H groups in total. The molecule has 3 atom stereocenters. The van der Waals surface area contributed by atoms with Gasteiger partial charge in [0.05, 0.1) is 23.1 Å². The molecule has 2 aromatic heterocycles. The summed E-state index contributed by atoms with van der Waals surface area (Å²) in [6.45, 7) is 5.80. The average Bonchev–Trinajstić information content (AvgIpc) is 3.50. The predicted molar refractivity (Wildman–Crippen MR) is 120 cm³/mol. The molecule has 0 unspecified atom stereocenters. The van der Waals surface area contributed by atoms with Gasteiger partial charge in [-0.2, -0.15) is 10.2 Å². The van der Waals surface area contributed by atoms with Gasteiger partial charge in [-0.15, -0.1) is 0 Å². The maximum Gasteiger partial charge on any atom is 0.309 e. The summed E-state index contributed by atoms with van der Waals surface area (Å²) in [5.74, 6) is -0.923. The largest absolute Gasteiger partial charge is 0.441 e. The Morgan fingerprint density at radius 3 is 2.71 bits per heavy atom. The highest BCUT2D eigenvalue weighted by Gasteiger charge is 2.66. The van der Waals surface area contributed by atoms with Crippen molar-refractivity contribution in [2.75, 3.05) is 13.1 Å². The molecule has 0 radical (unpaired) electrons. The fourth-order valence-corrected chi connectivity index (χ4v) is 7.17. The first-order valence-electron chi connectivity index (χ1n) is 11.9. The minimum Gasteiger partial charge on any atom is -0.441 e. The molecular formula is C26H26F2N4O2. The third-order valence-electron chi connectivity index (χ3n) is 8.71. The molecule has 176 valence electrons. The van der Waals surface area contributed by atoms with Crippen LogP contribution in [0.4, 0.5) is 8.78 Å². The van der Waals surface area contributed by atoms with E-state index in [1.807, 2.05) is 11.0 Å². The van der Waals surface area contributed by atoms with Crippen LogP contribution in [0.15, 0.2) is 41.1 Å². The molecule has 6 rings (SSSR count). The van der Waals surface area contributed by atoms with Crippen molar-refractivity contribution in [2.45, 2.75) is 50.9 Å². The van der Waals surface area contributed by atoms with E-state index in [1.165, 1.54) is 30.7 Å². The Bertz CT molecular complexity index is 1260. The number of hydrogen-bond donors (Lipinski definition) is 0. The van der Waals surface area contributed by atoms with Crippen molar-refractivity contribution >= 4 is 5.91 Å². The molecule has 1 aromatic carbocycles. The third-order valence-corrected chi connectivity index (χ3v) is 8.71. The van der Waals surface area contributed by atoms with E-state index in [4.69, 9.17) is 4.42 Å². The van der Waals surface area contributed by atoms with E-state index in [0.717, 1.165) is 36.9 Å². The van der Waals surface area contributed by atoms with Crippen LogP contribution < -0.4 is 0 Å². The van der Waals surface area contributed by atoms with Crippen molar-refractivity contribution in [3.8, 4) is 11.3 Å². The van der Waals surface area contributed by atoms with Crippen molar-refractivity contribution in [1.29, 1.82) is 0 Å². The topological polar surface area (TPSA) is 72.1 Å². The van der Waals surface area contributed by atoms with Crippen molar-refractivity contribution in [3.05, 3.63) is 65.5 Å². The van der Waals surface area contributed by atoms with Crippen LogP contribution in [-0.4, -0.2) is 39.1 Å². The van der Waals surface area contributed by atoms with Crippen LogP contribution in [0.3, 0.4) is 0 Å². The van der Waals surface area contributed by atoms with Gasteiger partial charge in [0.15, 0.2) is 0 Å². The highest BCUT2D eigenvalue weighted by molar-refractivity contribution is 5.89. The first-order chi connectivity index (χ1) is 16.3. The van der Waals surface area contributed by atoms with E-state index in [1.54, 1.807) is 0 Å². The number of piperidine rings is 1. The number of nitrogens with zero attached hydrogens (tertiary/aromatic N) is 4.